The molecular weight excluding hydrogens is 282 g/mol. The SMILES string of the molecule is Cc1cc(C(N)=S)ccc1CN1CCN(C)C(=O)C1(C)C. The molecule has 1 saturated heterocycles. The predicted molar refractivity (Wildman–Crippen MR) is 89.2 cm³/mol. The molecule has 0 aliphatic carbocycles. The van der Waals surface area contributed by atoms with Crippen LogP contribution >= 0.6 is 12.2 Å². The van der Waals surface area contributed by atoms with Gasteiger partial charge in [-0.2, -0.15) is 0 Å². The van der Waals surface area contributed by atoms with E-state index in [1.165, 1.54) is 5.56 Å². The molecule has 1 aliphatic heterocycles. The third kappa shape index (κ3) is 3.09. The quantitative estimate of drug-likeness (QED) is 0.863. The van der Waals surface area contributed by atoms with Crippen molar-refractivity contribution in [2.24, 2.45) is 5.73 Å². The fraction of sp³-hybridized carbons (Fsp3) is 0.500. The first-order chi connectivity index (χ1) is 9.73. The number of nitrogens with two attached hydrogens (primary N) is 1. The van der Waals surface area contributed by atoms with E-state index in [-0.39, 0.29) is 5.91 Å². The molecule has 0 atom stereocenters. The first-order valence-electron chi connectivity index (χ1n) is 7.13. The van der Waals surface area contributed by atoms with Gasteiger partial charge >= 0.3 is 0 Å². The second kappa shape index (κ2) is 5.73. The maximum absolute atomic E-state index is 12.3. The highest BCUT2D eigenvalue weighted by molar-refractivity contribution is 7.80. The molecule has 2 N–H and O–H groups in total. The first kappa shape index (κ1) is 15.9. The molecule has 1 aromatic carbocycles. The summed E-state index contributed by atoms with van der Waals surface area (Å²) >= 11 is 5.01. The molecule has 2 rings (SSSR count). The maximum Gasteiger partial charge on any atom is 0.242 e. The number of hydrogen-bond acceptors (Lipinski definition) is 3. The molecule has 0 bridgehead atoms. The summed E-state index contributed by atoms with van der Waals surface area (Å²) in [5, 5.41) is 0. The van der Waals surface area contributed by atoms with Crippen LogP contribution < -0.4 is 5.73 Å². The van der Waals surface area contributed by atoms with E-state index in [4.69, 9.17) is 18.0 Å². The van der Waals surface area contributed by atoms with Crippen LogP contribution in [0.25, 0.3) is 0 Å². The van der Waals surface area contributed by atoms with Crippen LogP contribution in [0.1, 0.15) is 30.5 Å². The second-order valence-electron chi connectivity index (χ2n) is 6.21. The molecule has 1 fully saturated rings. The van der Waals surface area contributed by atoms with Gasteiger partial charge in [-0.15, -0.1) is 0 Å². The Kier molecular flexibility index (Phi) is 4.35. The third-order valence-electron chi connectivity index (χ3n) is 4.35. The van der Waals surface area contributed by atoms with Gasteiger partial charge in [0.2, 0.25) is 5.91 Å². The Morgan fingerprint density at radius 3 is 2.62 bits per heavy atom. The Hall–Kier alpha value is -1.46. The maximum atomic E-state index is 12.3. The van der Waals surface area contributed by atoms with Crippen molar-refractivity contribution in [3.63, 3.8) is 0 Å². The van der Waals surface area contributed by atoms with Crippen molar-refractivity contribution in [3.8, 4) is 0 Å². The van der Waals surface area contributed by atoms with Gasteiger partial charge in [0.1, 0.15) is 4.99 Å². The number of thiocarbonyl (C=S) groups is 1. The van der Waals surface area contributed by atoms with Gasteiger partial charge in [-0.05, 0) is 38.0 Å². The fourth-order valence-electron chi connectivity index (χ4n) is 2.76. The topological polar surface area (TPSA) is 49.6 Å². The van der Waals surface area contributed by atoms with E-state index in [1.807, 2.05) is 33.0 Å². The number of aryl methyl sites for hydroxylation is 1. The van der Waals surface area contributed by atoms with Gasteiger partial charge in [-0.25, -0.2) is 0 Å². The number of carbonyl (C=O) groups excluding carboxylic acids is 1. The summed E-state index contributed by atoms with van der Waals surface area (Å²) in [7, 11) is 1.86. The molecular formula is C16H23N3OS. The van der Waals surface area contributed by atoms with E-state index in [2.05, 4.69) is 17.9 Å². The van der Waals surface area contributed by atoms with Crippen LogP contribution in [-0.4, -0.2) is 46.4 Å². The molecule has 0 spiro atoms. The minimum absolute atomic E-state index is 0.172. The van der Waals surface area contributed by atoms with Gasteiger partial charge in [0.15, 0.2) is 0 Å². The minimum Gasteiger partial charge on any atom is -0.389 e. The largest absolute Gasteiger partial charge is 0.389 e. The van der Waals surface area contributed by atoms with Crippen LogP contribution in [0.4, 0.5) is 0 Å². The average molecular weight is 305 g/mol. The lowest BCUT2D eigenvalue weighted by Gasteiger charge is -2.45. The van der Waals surface area contributed by atoms with E-state index in [0.29, 0.717) is 4.99 Å². The molecule has 1 aliphatic rings. The van der Waals surface area contributed by atoms with Crippen molar-refractivity contribution < 1.29 is 4.79 Å². The summed E-state index contributed by atoms with van der Waals surface area (Å²) in [6.45, 7) is 8.45. The van der Waals surface area contributed by atoms with Crippen LogP contribution in [0.5, 0.6) is 0 Å². The van der Waals surface area contributed by atoms with Crippen LogP contribution in [0, 0.1) is 6.92 Å². The Morgan fingerprint density at radius 1 is 1.38 bits per heavy atom. The fourth-order valence-corrected chi connectivity index (χ4v) is 2.89. The molecule has 21 heavy (non-hydrogen) atoms. The van der Waals surface area contributed by atoms with Gasteiger partial charge < -0.3 is 10.6 Å². The molecule has 0 unspecified atom stereocenters. The summed E-state index contributed by atoms with van der Waals surface area (Å²) in [6, 6.07) is 6.03. The molecule has 1 aromatic rings. The Labute approximate surface area is 131 Å². The number of piperazine rings is 1. The van der Waals surface area contributed by atoms with Crippen molar-refractivity contribution >= 4 is 23.1 Å². The number of amides is 1. The lowest BCUT2D eigenvalue weighted by atomic mass is 9.95. The summed E-state index contributed by atoms with van der Waals surface area (Å²) < 4.78 is 0. The van der Waals surface area contributed by atoms with Crippen molar-refractivity contribution in [2.45, 2.75) is 32.9 Å². The normalized spacial score (nSPS) is 18.9. The molecule has 1 amide bonds. The average Bonchev–Trinajstić information content (AvgIpc) is 2.41. The van der Waals surface area contributed by atoms with Crippen molar-refractivity contribution in [2.75, 3.05) is 20.1 Å². The molecule has 114 valence electrons. The number of hydrogen-bond donors (Lipinski definition) is 1. The monoisotopic (exact) mass is 305 g/mol. The standard InChI is InChI=1S/C16H23N3OS/c1-11-9-12(14(17)21)5-6-13(11)10-19-8-7-18(4)15(20)16(19,2)3/h5-6,9H,7-8,10H2,1-4H3,(H2,17,21). The van der Waals surface area contributed by atoms with Gasteiger partial charge in [0.05, 0.1) is 5.54 Å². The van der Waals surface area contributed by atoms with E-state index in [1.54, 1.807) is 4.90 Å². The van der Waals surface area contributed by atoms with E-state index >= 15 is 0 Å². The molecule has 1 heterocycles. The molecule has 0 aromatic heterocycles. The third-order valence-corrected chi connectivity index (χ3v) is 4.59. The molecule has 5 heteroatoms. The van der Waals surface area contributed by atoms with Crippen LogP contribution in [0.2, 0.25) is 0 Å². The predicted octanol–water partition coefficient (Wildman–Crippen LogP) is 1.68. The summed E-state index contributed by atoms with van der Waals surface area (Å²) in [5.41, 5.74) is 8.45. The summed E-state index contributed by atoms with van der Waals surface area (Å²) in [6.07, 6.45) is 0. The van der Waals surface area contributed by atoms with Crippen molar-refractivity contribution in [1.29, 1.82) is 0 Å². The molecule has 0 radical (unpaired) electrons. The van der Waals surface area contributed by atoms with Crippen LogP contribution in [0.15, 0.2) is 18.2 Å². The zero-order valence-electron chi connectivity index (χ0n) is 13.1. The second-order valence-corrected chi connectivity index (χ2v) is 6.65. The van der Waals surface area contributed by atoms with Crippen molar-refractivity contribution in [1.82, 2.24) is 9.80 Å². The van der Waals surface area contributed by atoms with Crippen LogP contribution in [-0.2, 0) is 11.3 Å². The minimum atomic E-state index is -0.471. The lowest BCUT2D eigenvalue weighted by molar-refractivity contribution is -0.147. The number of nitrogens with zero attached hydrogens (tertiary/aromatic N) is 2. The van der Waals surface area contributed by atoms with E-state index in [0.717, 1.165) is 30.8 Å². The highest BCUT2D eigenvalue weighted by atomic mass is 32.1. The molecule has 4 nitrogen and oxygen atoms in total. The Morgan fingerprint density at radius 2 is 2.05 bits per heavy atom. The highest BCUT2D eigenvalue weighted by Gasteiger charge is 2.40. The smallest absolute Gasteiger partial charge is 0.242 e. The van der Waals surface area contributed by atoms with E-state index in [9.17, 15) is 4.79 Å². The Balaban J connectivity index is 2.22. The zero-order valence-corrected chi connectivity index (χ0v) is 14.0. The van der Waals surface area contributed by atoms with Crippen molar-refractivity contribution in [3.05, 3.63) is 34.9 Å². The highest BCUT2D eigenvalue weighted by Crippen LogP contribution is 2.25. The van der Waals surface area contributed by atoms with E-state index < -0.39 is 5.54 Å². The van der Waals surface area contributed by atoms with Gasteiger partial charge in [0, 0.05) is 32.2 Å². The number of benzene rings is 1. The number of rotatable bonds is 3. The van der Waals surface area contributed by atoms with Gasteiger partial charge in [0.25, 0.3) is 0 Å². The Bertz CT molecular complexity index is 583. The molecule has 0 saturated carbocycles. The number of likely N-dealkylation sites (N-methyl/N-ethyl adjacent to an activating group) is 1. The lowest BCUT2D eigenvalue weighted by Crippen LogP contribution is -2.61. The zero-order chi connectivity index (χ0) is 15.8. The van der Waals surface area contributed by atoms with Gasteiger partial charge in [-0.3, -0.25) is 9.69 Å². The van der Waals surface area contributed by atoms with Crippen LogP contribution in [0.3, 0.4) is 0 Å². The van der Waals surface area contributed by atoms with Gasteiger partial charge in [-0.1, -0.05) is 24.4 Å². The summed E-state index contributed by atoms with van der Waals surface area (Å²) in [4.78, 5) is 16.8. The summed E-state index contributed by atoms with van der Waals surface area (Å²) in [5.74, 6) is 0.172. The number of carbonyl (C=O) groups is 1. The first-order valence-corrected chi connectivity index (χ1v) is 7.54.